The number of hydrogen-bond donors (Lipinski definition) is 0. The van der Waals surface area contributed by atoms with Gasteiger partial charge in [0.25, 0.3) is 0 Å². The largest absolute Gasteiger partial charge is 0.205 e. The van der Waals surface area contributed by atoms with Crippen LogP contribution in [-0.4, -0.2) is 0 Å². The predicted octanol–water partition coefficient (Wildman–Crippen LogP) is 11.9. The highest BCUT2D eigenvalue weighted by atomic mass is 35.5. The Morgan fingerprint density at radius 1 is 0.622 bits per heavy atom. The van der Waals surface area contributed by atoms with Crippen LogP contribution in [-0.2, 0) is 0 Å². The van der Waals surface area contributed by atoms with Crippen molar-refractivity contribution in [1.29, 1.82) is 0 Å². The standard InChI is InChI=1S/C34H47ClF2/c1-2-3-4-5-6-7-8-25-9-11-26(12-10-25)13-14-27-15-17-28(18-16-27)29-19-21-30(22-20-29)31-23-32(36)34(35)33(37)24-31/h19-28H,2-18H2,1H3/t25-,26-,27-,28-. The number of unbranched alkanes of at least 4 members (excludes halogenated alkanes) is 5. The van der Waals surface area contributed by atoms with Crippen molar-refractivity contribution in [3.05, 3.63) is 58.6 Å². The molecule has 2 saturated carbocycles. The first-order chi connectivity index (χ1) is 18.0. The molecule has 2 aromatic rings. The average molecular weight is 529 g/mol. The summed E-state index contributed by atoms with van der Waals surface area (Å²) in [5.74, 6) is 2.09. The summed E-state index contributed by atoms with van der Waals surface area (Å²) in [6.07, 6.45) is 24.0. The molecular weight excluding hydrogens is 482 g/mol. The predicted molar refractivity (Wildman–Crippen MR) is 154 cm³/mol. The molecule has 0 radical (unpaired) electrons. The van der Waals surface area contributed by atoms with Gasteiger partial charge in [-0.05, 0) is 78.2 Å². The minimum absolute atomic E-state index is 0.437. The summed E-state index contributed by atoms with van der Waals surface area (Å²) in [7, 11) is 0. The van der Waals surface area contributed by atoms with Crippen LogP contribution in [0.2, 0.25) is 5.02 Å². The second-order valence-electron chi connectivity index (χ2n) is 12.1. The zero-order valence-corrected chi connectivity index (χ0v) is 23.7. The molecule has 2 aromatic carbocycles. The zero-order valence-electron chi connectivity index (χ0n) is 22.9. The van der Waals surface area contributed by atoms with Gasteiger partial charge < -0.3 is 0 Å². The van der Waals surface area contributed by atoms with E-state index in [1.807, 2.05) is 12.1 Å². The molecule has 0 unspecified atom stereocenters. The molecular formula is C34H47ClF2. The van der Waals surface area contributed by atoms with Crippen molar-refractivity contribution < 1.29 is 8.78 Å². The van der Waals surface area contributed by atoms with Crippen LogP contribution >= 0.6 is 11.6 Å². The third kappa shape index (κ3) is 8.54. The van der Waals surface area contributed by atoms with E-state index in [1.165, 1.54) is 127 Å². The molecule has 0 spiro atoms. The SMILES string of the molecule is CCCCCCCC[C@H]1CC[C@H](CC[C@H]2CC[C@H](c3ccc(-c4cc(F)c(Cl)c(F)c4)cc3)CC2)CC1. The average Bonchev–Trinajstić information content (AvgIpc) is 2.93. The highest BCUT2D eigenvalue weighted by molar-refractivity contribution is 6.31. The quantitative estimate of drug-likeness (QED) is 0.190. The van der Waals surface area contributed by atoms with Crippen molar-refractivity contribution in [2.75, 3.05) is 0 Å². The molecule has 2 aliphatic rings. The van der Waals surface area contributed by atoms with Gasteiger partial charge in [0.15, 0.2) is 0 Å². The fraction of sp³-hybridized carbons (Fsp3) is 0.647. The maximum Gasteiger partial charge on any atom is 0.145 e. The number of benzene rings is 2. The molecule has 204 valence electrons. The van der Waals surface area contributed by atoms with Gasteiger partial charge in [-0.2, -0.15) is 0 Å². The maximum atomic E-state index is 13.8. The van der Waals surface area contributed by atoms with Crippen LogP contribution in [0.5, 0.6) is 0 Å². The van der Waals surface area contributed by atoms with Crippen molar-refractivity contribution in [3.63, 3.8) is 0 Å². The Kier molecular flexibility index (Phi) is 11.3. The normalized spacial score (nSPS) is 24.3. The van der Waals surface area contributed by atoms with Crippen molar-refractivity contribution in [2.45, 2.75) is 122 Å². The highest BCUT2D eigenvalue weighted by Crippen LogP contribution is 2.41. The molecule has 0 bridgehead atoms. The third-order valence-corrected chi connectivity index (χ3v) is 9.82. The molecule has 2 aliphatic carbocycles. The summed E-state index contributed by atoms with van der Waals surface area (Å²) in [6.45, 7) is 2.30. The lowest BCUT2D eigenvalue weighted by Gasteiger charge is -2.32. The van der Waals surface area contributed by atoms with Crippen LogP contribution < -0.4 is 0 Å². The topological polar surface area (TPSA) is 0 Å². The third-order valence-electron chi connectivity index (χ3n) is 9.46. The van der Waals surface area contributed by atoms with E-state index in [4.69, 9.17) is 11.6 Å². The van der Waals surface area contributed by atoms with Gasteiger partial charge in [0, 0.05) is 0 Å². The smallest absolute Gasteiger partial charge is 0.145 e. The van der Waals surface area contributed by atoms with E-state index in [0.29, 0.717) is 11.5 Å². The lowest BCUT2D eigenvalue weighted by molar-refractivity contribution is 0.222. The Morgan fingerprint density at radius 2 is 1.11 bits per heavy atom. The number of rotatable bonds is 12. The molecule has 0 heterocycles. The monoisotopic (exact) mass is 528 g/mol. The summed E-state index contributed by atoms with van der Waals surface area (Å²) < 4.78 is 27.7. The lowest BCUT2D eigenvalue weighted by atomic mass is 9.74. The molecule has 0 saturated heterocycles. The second kappa shape index (κ2) is 14.7. The van der Waals surface area contributed by atoms with Gasteiger partial charge >= 0.3 is 0 Å². The van der Waals surface area contributed by atoms with E-state index in [9.17, 15) is 8.78 Å². The van der Waals surface area contributed by atoms with E-state index in [0.717, 1.165) is 23.3 Å². The Bertz CT molecular complexity index is 914. The van der Waals surface area contributed by atoms with E-state index in [-0.39, 0.29) is 0 Å². The zero-order chi connectivity index (χ0) is 26.0. The van der Waals surface area contributed by atoms with Crippen LogP contribution in [0.25, 0.3) is 11.1 Å². The number of hydrogen-bond acceptors (Lipinski definition) is 0. The van der Waals surface area contributed by atoms with Crippen LogP contribution in [0.1, 0.15) is 128 Å². The highest BCUT2D eigenvalue weighted by Gasteiger charge is 2.25. The summed E-state index contributed by atoms with van der Waals surface area (Å²) in [5, 5.41) is -0.437. The lowest BCUT2D eigenvalue weighted by Crippen LogP contribution is -2.17. The van der Waals surface area contributed by atoms with Crippen LogP contribution in [0, 0.1) is 29.4 Å². The second-order valence-corrected chi connectivity index (χ2v) is 12.5. The number of halogens is 3. The Balaban J connectivity index is 1.13. The first kappa shape index (κ1) is 28.6. The molecule has 0 aromatic heterocycles. The van der Waals surface area contributed by atoms with Gasteiger partial charge in [0.1, 0.15) is 16.7 Å². The summed E-state index contributed by atoms with van der Waals surface area (Å²) >= 11 is 5.63. The van der Waals surface area contributed by atoms with E-state index in [2.05, 4.69) is 19.1 Å². The Morgan fingerprint density at radius 3 is 1.68 bits per heavy atom. The first-order valence-corrected chi connectivity index (χ1v) is 15.7. The maximum absolute atomic E-state index is 13.8. The minimum atomic E-state index is -0.708. The molecule has 0 amide bonds. The molecule has 2 fully saturated rings. The van der Waals surface area contributed by atoms with E-state index in [1.54, 1.807) is 0 Å². The Hall–Kier alpha value is -1.41. The van der Waals surface area contributed by atoms with Gasteiger partial charge in [-0.3, -0.25) is 0 Å². The summed E-state index contributed by atoms with van der Waals surface area (Å²) in [6, 6.07) is 10.9. The van der Waals surface area contributed by atoms with Crippen molar-refractivity contribution in [1.82, 2.24) is 0 Å². The van der Waals surface area contributed by atoms with Crippen molar-refractivity contribution in [2.24, 2.45) is 17.8 Å². The van der Waals surface area contributed by atoms with Crippen molar-refractivity contribution >= 4 is 11.6 Å². The molecule has 3 heteroatoms. The molecule has 4 rings (SSSR count). The van der Waals surface area contributed by atoms with Crippen molar-refractivity contribution in [3.8, 4) is 11.1 Å². The molecule has 0 aliphatic heterocycles. The van der Waals surface area contributed by atoms with E-state index >= 15 is 0 Å². The van der Waals surface area contributed by atoms with Gasteiger partial charge in [0.05, 0.1) is 0 Å². The van der Waals surface area contributed by atoms with Gasteiger partial charge in [-0.25, -0.2) is 8.78 Å². The molecule has 0 atom stereocenters. The van der Waals surface area contributed by atoms with Crippen LogP contribution in [0.3, 0.4) is 0 Å². The Labute approximate surface area is 229 Å². The molecule has 0 N–H and O–H groups in total. The molecule has 37 heavy (non-hydrogen) atoms. The van der Waals surface area contributed by atoms with Gasteiger partial charge in [0.2, 0.25) is 0 Å². The fourth-order valence-electron chi connectivity index (χ4n) is 6.95. The first-order valence-electron chi connectivity index (χ1n) is 15.3. The van der Waals surface area contributed by atoms with E-state index < -0.39 is 16.7 Å². The van der Waals surface area contributed by atoms with Crippen LogP contribution in [0.4, 0.5) is 8.78 Å². The summed E-state index contributed by atoms with van der Waals surface area (Å²) in [5.41, 5.74) is 2.72. The minimum Gasteiger partial charge on any atom is -0.205 e. The van der Waals surface area contributed by atoms with Gasteiger partial charge in [-0.15, -0.1) is 0 Å². The van der Waals surface area contributed by atoms with Gasteiger partial charge in [-0.1, -0.05) is 126 Å². The molecule has 0 nitrogen and oxygen atoms in total. The summed E-state index contributed by atoms with van der Waals surface area (Å²) in [4.78, 5) is 0. The fourth-order valence-corrected chi connectivity index (χ4v) is 7.06. The van der Waals surface area contributed by atoms with Crippen LogP contribution in [0.15, 0.2) is 36.4 Å².